The smallest absolute Gasteiger partial charge is 0.166 e. The molecule has 1 saturated carbocycles. The quantitative estimate of drug-likeness (QED) is 0.756. The van der Waals surface area contributed by atoms with E-state index in [-0.39, 0.29) is 17.5 Å². The summed E-state index contributed by atoms with van der Waals surface area (Å²) >= 11 is 0. The molecule has 0 bridgehead atoms. The van der Waals surface area contributed by atoms with E-state index in [0.29, 0.717) is 5.56 Å². The highest BCUT2D eigenvalue weighted by Gasteiger charge is 2.26. The average Bonchev–Trinajstić information content (AvgIpc) is 3.07. The summed E-state index contributed by atoms with van der Waals surface area (Å²) in [6, 6.07) is 5.99. The fraction of sp³-hybridized carbons (Fsp3) is 0.632. The summed E-state index contributed by atoms with van der Waals surface area (Å²) in [5.74, 6) is 0.973. The van der Waals surface area contributed by atoms with Gasteiger partial charge in [0.2, 0.25) is 0 Å². The molecular formula is C19H26FNO. The molecule has 1 aliphatic carbocycles. The second kappa shape index (κ2) is 7.36. The maximum atomic E-state index is 12.9. The Morgan fingerprint density at radius 1 is 1.05 bits per heavy atom. The molecule has 0 N–H and O–H groups in total. The van der Waals surface area contributed by atoms with Gasteiger partial charge in [0, 0.05) is 11.5 Å². The molecule has 22 heavy (non-hydrogen) atoms. The molecule has 120 valence electrons. The van der Waals surface area contributed by atoms with Crippen LogP contribution in [0.4, 0.5) is 4.39 Å². The van der Waals surface area contributed by atoms with E-state index in [2.05, 4.69) is 4.90 Å². The summed E-state index contributed by atoms with van der Waals surface area (Å²) in [5.41, 5.74) is 0.658. The first-order chi connectivity index (χ1) is 10.7. The molecule has 0 radical (unpaired) electrons. The van der Waals surface area contributed by atoms with Crippen LogP contribution in [0, 0.1) is 17.7 Å². The molecule has 1 aromatic carbocycles. The number of carbonyl (C=O) groups excluding carboxylic acids is 1. The van der Waals surface area contributed by atoms with Crippen LogP contribution in [-0.2, 0) is 0 Å². The Balaban J connectivity index is 1.44. The number of halogens is 1. The topological polar surface area (TPSA) is 20.3 Å². The number of ketones is 1. The minimum atomic E-state index is -0.279. The first kappa shape index (κ1) is 15.7. The van der Waals surface area contributed by atoms with E-state index < -0.39 is 0 Å². The minimum absolute atomic E-state index is 0.119. The van der Waals surface area contributed by atoms with Gasteiger partial charge in [-0.3, -0.25) is 4.79 Å². The summed E-state index contributed by atoms with van der Waals surface area (Å²) in [5, 5.41) is 0. The van der Waals surface area contributed by atoms with E-state index in [9.17, 15) is 9.18 Å². The van der Waals surface area contributed by atoms with E-state index in [1.165, 1.54) is 50.8 Å². The number of Topliss-reactive ketones (excluding diaryl/α,β-unsaturated/α-hetero) is 1. The zero-order chi connectivity index (χ0) is 15.4. The third kappa shape index (κ3) is 3.95. The Bertz CT molecular complexity index is 485. The predicted octanol–water partition coefficient (Wildman–Crippen LogP) is 4.30. The fourth-order valence-electron chi connectivity index (χ4n) is 3.93. The van der Waals surface area contributed by atoms with Gasteiger partial charge in [0.05, 0.1) is 0 Å². The van der Waals surface area contributed by atoms with Crippen LogP contribution in [0.5, 0.6) is 0 Å². The number of nitrogens with zero attached hydrogens (tertiary/aromatic N) is 1. The van der Waals surface area contributed by atoms with Gasteiger partial charge >= 0.3 is 0 Å². The van der Waals surface area contributed by atoms with Crippen LogP contribution < -0.4 is 0 Å². The van der Waals surface area contributed by atoms with Gasteiger partial charge in [-0.05, 0) is 69.1 Å². The van der Waals surface area contributed by atoms with E-state index in [0.717, 1.165) is 31.8 Å². The van der Waals surface area contributed by atoms with Gasteiger partial charge in [-0.15, -0.1) is 0 Å². The molecule has 3 heteroatoms. The zero-order valence-corrected chi connectivity index (χ0v) is 13.3. The SMILES string of the molecule is O=C(c1ccc(F)cc1)C1CCN(CCC2CCCC2)CC1. The second-order valence-corrected chi connectivity index (χ2v) is 6.93. The van der Waals surface area contributed by atoms with Gasteiger partial charge < -0.3 is 4.90 Å². The molecular weight excluding hydrogens is 277 g/mol. The highest BCUT2D eigenvalue weighted by Crippen LogP contribution is 2.28. The number of rotatable bonds is 5. The van der Waals surface area contributed by atoms with Crippen molar-refractivity contribution in [2.45, 2.75) is 44.9 Å². The molecule has 0 amide bonds. The molecule has 2 aliphatic rings. The first-order valence-corrected chi connectivity index (χ1v) is 8.74. The van der Waals surface area contributed by atoms with Gasteiger partial charge in [0.15, 0.2) is 5.78 Å². The van der Waals surface area contributed by atoms with Gasteiger partial charge in [-0.2, -0.15) is 0 Å². The Morgan fingerprint density at radius 2 is 1.68 bits per heavy atom. The lowest BCUT2D eigenvalue weighted by molar-refractivity contribution is 0.0835. The Hall–Kier alpha value is -1.22. The number of carbonyl (C=O) groups is 1. The maximum Gasteiger partial charge on any atom is 0.166 e. The van der Waals surface area contributed by atoms with Crippen molar-refractivity contribution in [1.82, 2.24) is 4.90 Å². The Kier molecular flexibility index (Phi) is 5.24. The lowest BCUT2D eigenvalue weighted by Gasteiger charge is -2.31. The van der Waals surface area contributed by atoms with Gasteiger partial charge in [0.1, 0.15) is 5.82 Å². The standard InChI is InChI=1S/C19H26FNO/c20-18-7-5-16(6-8-18)19(22)17-10-13-21(14-11-17)12-9-15-3-1-2-4-15/h5-8,15,17H,1-4,9-14H2. The van der Waals surface area contributed by atoms with Crippen molar-refractivity contribution in [2.75, 3.05) is 19.6 Å². The molecule has 1 saturated heterocycles. The fourth-order valence-corrected chi connectivity index (χ4v) is 3.93. The lowest BCUT2D eigenvalue weighted by Crippen LogP contribution is -2.37. The third-order valence-corrected chi connectivity index (χ3v) is 5.42. The van der Waals surface area contributed by atoms with E-state index in [1.54, 1.807) is 12.1 Å². The molecule has 2 fully saturated rings. The van der Waals surface area contributed by atoms with Crippen LogP contribution in [0.1, 0.15) is 55.3 Å². The summed E-state index contributed by atoms with van der Waals surface area (Å²) in [7, 11) is 0. The lowest BCUT2D eigenvalue weighted by atomic mass is 9.88. The summed E-state index contributed by atoms with van der Waals surface area (Å²) < 4.78 is 12.9. The summed E-state index contributed by atoms with van der Waals surface area (Å²) in [6.07, 6.45) is 8.88. The molecule has 0 unspecified atom stereocenters. The second-order valence-electron chi connectivity index (χ2n) is 6.93. The number of hydrogen-bond donors (Lipinski definition) is 0. The molecule has 0 spiro atoms. The van der Waals surface area contributed by atoms with Crippen LogP contribution in [0.15, 0.2) is 24.3 Å². The predicted molar refractivity (Wildman–Crippen MR) is 86.5 cm³/mol. The average molecular weight is 303 g/mol. The molecule has 3 rings (SSSR count). The molecule has 0 atom stereocenters. The normalized spacial score (nSPS) is 21.3. The third-order valence-electron chi connectivity index (χ3n) is 5.42. The number of benzene rings is 1. The highest BCUT2D eigenvalue weighted by atomic mass is 19.1. The zero-order valence-electron chi connectivity index (χ0n) is 13.3. The van der Waals surface area contributed by atoms with Crippen LogP contribution in [-0.4, -0.2) is 30.3 Å². The van der Waals surface area contributed by atoms with Crippen molar-refractivity contribution in [3.8, 4) is 0 Å². The number of likely N-dealkylation sites (tertiary alicyclic amines) is 1. The van der Waals surface area contributed by atoms with Gasteiger partial charge in [-0.25, -0.2) is 4.39 Å². The van der Waals surface area contributed by atoms with Crippen LogP contribution >= 0.6 is 0 Å². The first-order valence-electron chi connectivity index (χ1n) is 8.74. The van der Waals surface area contributed by atoms with Crippen LogP contribution in [0.3, 0.4) is 0 Å². The number of piperidine rings is 1. The minimum Gasteiger partial charge on any atom is -0.303 e. The summed E-state index contributed by atoms with van der Waals surface area (Å²) in [6.45, 7) is 3.26. The summed E-state index contributed by atoms with van der Waals surface area (Å²) in [4.78, 5) is 15.0. The van der Waals surface area contributed by atoms with Crippen molar-refractivity contribution >= 4 is 5.78 Å². The highest BCUT2D eigenvalue weighted by molar-refractivity contribution is 5.97. The van der Waals surface area contributed by atoms with Crippen molar-refractivity contribution < 1.29 is 9.18 Å². The van der Waals surface area contributed by atoms with Crippen molar-refractivity contribution in [2.24, 2.45) is 11.8 Å². The number of hydrogen-bond acceptors (Lipinski definition) is 2. The van der Waals surface area contributed by atoms with Gasteiger partial charge in [0.25, 0.3) is 0 Å². The van der Waals surface area contributed by atoms with Crippen LogP contribution in [0.2, 0.25) is 0 Å². The van der Waals surface area contributed by atoms with E-state index in [4.69, 9.17) is 0 Å². The Labute approximate surface area is 132 Å². The van der Waals surface area contributed by atoms with Gasteiger partial charge in [-0.1, -0.05) is 25.7 Å². The van der Waals surface area contributed by atoms with Crippen LogP contribution in [0.25, 0.3) is 0 Å². The van der Waals surface area contributed by atoms with E-state index >= 15 is 0 Å². The molecule has 2 nitrogen and oxygen atoms in total. The van der Waals surface area contributed by atoms with E-state index in [1.807, 2.05) is 0 Å². The molecule has 1 heterocycles. The molecule has 1 aromatic rings. The largest absolute Gasteiger partial charge is 0.303 e. The van der Waals surface area contributed by atoms with Crippen molar-refractivity contribution in [3.05, 3.63) is 35.6 Å². The molecule has 1 aliphatic heterocycles. The van der Waals surface area contributed by atoms with Crippen molar-refractivity contribution in [3.63, 3.8) is 0 Å². The Morgan fingerprint density at radius 3 is 2.32 bits per heavy atom. The maximum absolute atomic E-state index is 12.9. The van der Waals surface area contributed by atoms with Crippen molar-refractivity contribution in [1.29, 1.82) is 0 Å². The monoisotopic (exact) mass is 303 g/mol. The molecule has 0 aromatic heterocycles.